The number of nitrogens with one attached hydrogen (secondary N) is 2. The van der Waals surface area contributed by atoms with Crippen molar-refractivity contribution in [2.24, 2.45) is 0 Å². The Bertz CT molecular complexity index is 4070. The highest BCUT2D eigenvalue weighted by atomic mass is 32.2. The number of aromatic nitrogens is 4. The van der Waals surface area contributed by atoms with Gasteiger partial charge in [0.25, 0.3) is 40.5 Å². The van der Waals surface area contributed by atoms with E-state index >= 15 is 35.1 Å². The lowest BCUT2D eigenvalue weighted by Gasteiger charge is -2.08. The van der Waals surface area contributed by atoms with Crippen LogP contribution >= 0.6 is 0 Å². The molecule has 72 heavy (non-hydrogen) atoms. The van der Waals surface area contributed by atoms with E-state index in [-0.39, 0.29) is 0 Å². The molecule has 3 aromatic heterocycles. The van der Waals surface area contributed by atoms with Gasteiger partial charge < -0.3 is 9.97 Å². The summed E-state index contributed by atoms with van der Waals surface area (Å²) in [6, 6.07) is 11.5. The van der Waals surface area contributed by atoms with Crippen molar-refractivity contribution < 1.29 is 87.0 Å². The molecule has 0 aliphatic carbocycles. The minimum absolute atomic E-state index is 0.545. The standard InChI is InChI=1S/C44H22F8N4O12S4/c45-29-31(47)39-26(18-3-11-22(12-4-18)70(60,61)62)41-33(49)35(51)43(55-41)28(20-7-15-24(16-8-20)72(66,67)68)44-36(52)34(50)42(56-44)27(19-5-13-23(14-6-19)71(63,64)65)40-32(48)30(46)38(54-40)25(37(29)53-39)17-1-9-21(10-2-17)69(57,58)59/h1-16,53-54H,(H,57,58,59)(H,60,61,62)(H,63,64,65)(H,66,67,68). The molecule has 28 heteroatoms. The third kappa shape index (κ3) is 8.34. The molecule has 16 nitrogen and oxygen atoms in total. The smallest absolute Gasteiger partial charge is 0.294 e. The Morgan fingerprint density at radius 2 is 0.500 bits per heavy atom. The Kier molecular flexibility index (Phi) is 11.8. The van der Waals surface area contributed by atoms with Gasteiger partial charge in [-0.15, -0.1) is 0 Å². The molecule has 0 atom stereocenters. The van der Waals surface area contributed by atoms with Crippen molar-refractivity contribution in [2.75, 3.05) is 0 Å². The second-order valence-corrected chi connectivity index (χ2v) is 21.1. The molecule has 4 aromatic carbocycles. The Balaban J connectivity index is 1.59. The van der Waals surface area contributed by atoms with Crippen LogP contribution in [-0.2, 0) is 40.5 Å². The fraction of sp³-hybridized carbons (Fsp3) is 0. The Morgan fingerprint density at radius 3 is 0.736 bits per heavy atom. The van der Waals surface area contributed by atoms with Gasteiger partial charge in [0.15, 0.2) is 46.6 Å². The molecule has 7 aromatic rings. The van der Waals surface area contributed by atoms with E-state index in [1.807, 2.05) is 0 Å². The summed E-state index contributed by atoms with van der Waals surface area (Å²) in [7, 11) is -20.0. The fourth-order valence-corrected chi connectivity index (χ4v) is 9.79. The molecule has 2 aliphatic heterocycles. The van der Waals surface area contributed by atoms with Gasteiger partial charge in [-0.2, -0.15) is 33.7 Å². The first-order valence-corrected chi connectivity index (χ1v) is 25.3. The molecule has 2 aliphatic rings. The van der Waals surface area contributed by atoms with Crippen molar-refractivity contribution in [3.63, 3.8) is 0 Å². The second kappa shape index (κ2) is 17.1. The third-order valence-electron chi connectivity index (χ3n) is 11.1. The molecule has 0 saturated carbocycles. The monoisotopic (exact) mass is 1080 g/mol. The van der Waals surface area contributed by atoms with Gasteiger partial charge in [-0.25, -0.2) is 45.1 Å². The highest BCUT2D eigenvalue weighted by Crippen LogP contribution is 2.49. The molecule has 0 amide bonds. The SMILES string of the molecule is O=S(=O)(O)c1ccc(-c2c3nc(c(-c4ccc(S(=O)(=O)O)cc4)c4[nH]c(c(F)c4F)c(-c4ccc(S(=O)(=O)O)cc4)c4[nH]c(c(F)c4F)c(-c4ccc(S(=O)(=O)O)cc4)c4nc2C(F)=C4F)C(F)=C3F)cc1. The average molecular weight is 1080 g/mol. The van der Waals surface area contributed by atoms with E-state index < -0.39 is 196 Å². The zero-order valence-electron chi connectivity index (χ0n) is 34.8. The van der Waals surface area contributed by atoms with E-state index in [1.165, 1.54) is 0 Å². The topological polar surface area (TPSA) is 275 Å². The predicted molar refractivity (Wildman–Crippen MR) is 240 cm³/mol. The normalized spacial score (nSPS) is 13.6. The maximum absolute atomic E-state index is 16.9. The van der Waals surface area contributed by atoms with E-state index in [4.69, 9.17) is 0 Å². The van der Waals surface area contributed by atoms with Gasteiger partial charge in [-0.05, 0) is 70.8 Å². The lowest BCUT2D eigenvalue weighted by Crippen LogP contribution is -1.98. The molecule has 8 bridgehead atoms. The van der Waals surface area contributed by atoms with Crippen LogP contribution in [0.1, 0.15) is 22.8 Å². The van der Waals surface area contributed by atoms with Gasteiger partial charge >= 0.3 is 0 Å². The zero-order valence-corrected chi connectivity index (χ0v) is 38.1. The highest BCUT2D eigenvalue weighted by molar-refractivity contribution is 7.86. The maximum Gasteiger partial charge on any atom is 0.294 e. The van der Waals surface area contributed by atoms with E-state index in [0.29, 0.717) is 48.5 Å². The number of nitrogens with zero attached hydrogens (tertiary/aromatic N) is 2. The molecule has 0 fully saturated rings. The van der Waals surface area contributed by atoms with Crippen molar-refractivity contribution in [2.45, 2.75) is 19.6 Å². The van der Waals surface area contributed by atoms with Crippen molar-refractivity contribution in [1.82, 2.24) is 19.9 Å². The molecular formula is C44H22F8N4O12S4. The zero-order chi connectivity index (χ0) is 52.3. The lowest BCUT2D eigenvalue weighted by molar-refractivity contribution is 0.481. The summed E-state index contributed by atoms with van der Waals surface area (Å²) in [6.45, 7) is 0. The number of hydrogen-bond donors (Lipinski definition) is 6. The summed E-state index contributed by atoms with van der Waals surface area (Å²) >= 11 is 0. The van der Waals surface area contributed by atoms with Crippen LogP contribution in [-0.4, -0.2) is 71.8 Å². The number of fused-ring (bicyclic) bond motifs is 8. The Hall–Kier alpha value is -7.44. The van der Waals surface area contributed by atoms with E-state index in [2.05, 4.69) is 19.9 Å². The quantitative estimate of drug-likeness (QED) is 0.0610. The van der Waals surface area contributed by atoms with E-state index in [0.717, 1.165) is 48.5 Å². The van der Waals surface area contributed by atoms with Gasteiger partial charge in [0, 0.05) is 22.3 Å². The van der Waals surface area contributed by atoms with Crippen LogP contribution in [0.15, 0.2) is 117 Å². The maximum atomic E-state index is 16.9. The summed E-state index contributed by atoms with van der Waals surface area (Å²) in [5.41, 5.74) is -16.6. The van der Waals surface area contributed by atoms with Crippen LogP contribution in [0.4, 0.5) is 35.1 Å². The molecule has 5 heterocycles. The lowest BCUT2D eigenvalue weighted by atomic mass is 10.0. The van der Waals surface area contributed by atoms with Crippen molar-refractivity contribution >= 4 is 85.8 Å². The minimum Gasteiger partial charge on any atom is -0.349 e. The predicted octanol–water partition coefficient (Wildman–Crippen LogP) is 10.1. The first kappa shape index (κ1) is 49.5. The number of hydrogen-bond acceptors (Lipinski definition) is 10. The van der Waals surface area contributed by atoms with Crippen LogP contribution in [0, 0.1) is 23.3 Å². The molecular weight excluding hydrogens is 1060 g/mol. The molecule has 370 valence electrons. The van der Waals surface area contributed by atoms with Crippen LogP contribution in [0.5, 0.6) is 0 Å². The minimum atomic E-state index is -5.00. The van der Waals surface area contributed by atoms with Gasteiger partial charge in [-0.3, -0.25) is 18.2 Å². The first-order valence-electron chi connectivity index (χ1n) is 19.6. The van der Waals surface area contributed by atoms with Gasteiger partial charge in [0.2, 0.25) is 0 Å². The van der Waals surface area contributed by atoms with Crippen LogP contribution in [0.3, 0.4) is 0 Å². The Labute approximate surface area is 398 Å². The van der Waals surface area contributed by atoms with Gasteiger partial charge in [0.05, 0.1) is 41.6 Å². The fourth-order valence-electron chi connectivity index (χ4n) is 7.87. The average Bonchev–Trinajstić information content (AvgIpc) is 3.97. The van der Waals surface area contributed by atoms with Crippen molar-refractivity contribution in [3.8, 4) is 44.5 Å². The molecule has 0 saturated heterocycles. The Morgan fingerprint density at radius 1 is 0.306 bits per heavy atom. The summed E-state index contributed by atoms with van der Waals surface area (Å²) in [6.07, 6.45) is 0. The van der Waals surface area contributed by atoms with Gasteiger partial charge in [0.1, 0.15) is 22.8 Å². The van der Waals surface area contributed by atoms with Gasteiger partial charge in [-0.1, -0.05) is 48.5 Å². The molecule has 0 unspecified atom stereocenters. The second-order valence-electron chi connectivity index (χ2n) is 15.4. The van der Waals surface area contributed by atoms with Crippen LogP contribution in [0.25, 0.3) is 89.9 Å². The highest BCUT2D eigenvalue weighted by Gasteiger charge is 2.36. The summed E-state index contributed by atoms with van der Waals surface area (Å²) in [5.74, 6) is -16.4. The van der Waals surface area contributed by atoms with Crippen LogP contribution < -0.4 is 0 Å². The number of aromatic amines is 2. The number of halogens is 8. The van der Waals surface area contributed by atoms with Crippen molar-refractivity contribution in [1.29, 1.82) is 0 Å². The van der Waals surface area contributed by atoms with E-state index in [1.54, 1.807) is 0 Å². The molecule has 0 spiro atoms. The molecule has 9 rings (SSSR count). The summed E-state index contributed by atoms with van der Waals surface area (Å²) < 4.78 is 270. The molecule has 6 N–H and O–H groups in total. The third-order valence-corrected chi connectivity index (χ3v) is 14.6. The number of benzene rings is 4. The summed E-state index contributed by atoms with van der Waals surface area (Å²) in [5, 5.41) is 0. The number of H-pyrrole nitrogens is 2. The van der Waals surface area contributed by atoms with E-state index in [9.17, 15) is 51.9 Å². The van der Waals surface area contributed by atoms with Crippen molar-refractivity contribution in [3.05, 3.63) is 143 Å². The number of rotatable bonds is 8. The summed E-state index contributed by atoms with van der Waals surface area (Å²) in [4.78, 5) is 9.14. The first-order chi connectivity index (χ1) is 33.6. The largest absolute Gasteiger partial charge is 0.349 e. The molecule has 0 radical (unpaired) electrons. The van der Waals surface area contributed by atoms with Crippen LogP contribution in [0.2, 0.25) is 0 Å².